The number of nitrogens with two attached hydrogens (primary N) is 1. The molecule has 1 fully saturated rings. The van der Waals surface area contributed by atoms with Crippen LogP contribution in [0.25, 0.3) is 6.08 Å². The van der Waals surface area contributed by atoms with Crippen molar-refractivity contribution in [2.45, 2.75) is 13.0 Å². The summed E-state index contributed by atoms with van der Waals surface area (Å²) in [5, 5.41) is 8.04. The van der Waals surface area contributed by atoms with Crippen LogP contribution in [0.4, 0.5) is 0 Å². The average molecular weight is 368 g/mol. The molecule has 0 spiro atoms. The Kier molecular flexibility index (Phi) is 6.32. The number of aromatic nitrogens is 3. The maximum absolute atomic E-state index is 12.6. The number of carbonyl (C=O) groups excluding carboxylic acids is 2. The number of primary amides is 1. The highest BCUT2D eigenvalue weighted by Crippen LogP contribution is 2.08. The van der Waals surface area contributed by atoms with E-state index in [1.54, 1.807) is 15.8 Å². The molecule has 1 aromatic carbocycles. The molecule has 0 bridgehead atoms. The van der Waals surface area contributed by atoms with Gasteiger partial charge in [0.2, 0.25) is 5.91 Å². The standard InChI is InChI=1S/C19H24N6O2/c20-18(26)8-10-23-11-13-24(14-12-23)19(27)17-15-25(22-21-17)9-4-7-16-5-2-1-3-6-16/h1-7,15H,8-14H2,(H2,20,26). The zero-order valence-electron chi connectivity index (χ0n) is 15.2. The van der Waals surface area contributed by atoms with Crippen molar-refractivity contribution in [2.75, 3.05) is 32.7 Å². The van der Waals surface area contributed by atoms with Crippen LogP contribution in [-0.2, 0) is 11.3 Å². The summed E-state index contributed by atoms with van der Waals surface area (Å²) in [6.45, 7) is 3.87. The number of piperazine rings is 1. The molecular weight excluding hydrogens is 344 g/mol. The summed E-state index contributed by atoms with van der Waals surface area (Å²) in [6.07, 6.45) is 6.01. The SMILES string of the molecule is NC(=O)CCN1CCN(C(=O)c2cn(CC=Cc3ccccc3)nn2)CC1. The molecular formula is C19H24N6O2. The van der Waals surface area contributed by atoms with Crippen molar-refractivity contribution in [1.82, 2.24) is 24.8 Å². The minimum Gasteiger partial charge on any atom is -0.370 e. The van der Waals surface area contributed by atoms with Gasteiger partial charge in [-0.1, -0.05) is 47.7 Å². The van der Waals surface area contributed by atoms with Gasteiger partial charge in [0.25, 0.3) is 5.91 Å². The molecule has 27 heavy (non-hydrogen) atoms. The van der Waals surface area contributed by atoms with Crippen molar-refractivity contribution in [3.8, 4) is 0 Å². The van der Waals surface area contributed by atoms with Gasteiger partial charge < -0.3 is 10.6 Å². The maximum atomic E-state index is 12.6. The molecule has 2 heterocycles. The quantitative estimate of drug-likeness (QED) is 0.773. The molecule has 142 valence electrons. The first-order valence-electron chi connectivity index (χ1n) is 9.03. The fourth-order valence-corrected chi connectivity index (χ4v) is 2.95. The molecule has 0 radical (unpaired) electrons. The van der Waals surface area contributed by atoms with Gasteiger partial charge in [-0.25, -0.2) is 4.68 Å². The second-order valence-corrected chi connectivity index (χ2v) is 6.49. The molecule has 3 rings (SSSR count). The van der Waals surface area contributed by atoms with Crippen LogP contribution in [0.5, 0.6) is 0 Å². The Hall–Kier alpha value is -3.00. The van der Waals surface area contributed by atoms with Gasteiger partial charge in [0.1, 0.15) is 0 Å². The van der Waals surface area contributed by atoms with E-state index in [0.29, 0.717) is 38.3 Å². The monoisotopic (exact) mass is 368 g/mol. The van der Waals surface area contributed by atoms with Gasteiger partial charge >= 0.3 is 0 Å². The Morgan fingerprint density at radius 3 is 2.56 bits per heavy atom. The van der Waals surface area contributed by atoms with Crippen molar-refractivity contribution in [3.63, 3.8) is 0 Å². The van der Waals surface area contributed by atoms with Crippen molar-refractivity contribution >= 4 is 17.9 Å². The maximum Gasteiger partial charge on any atom is 0.276 e. The van der Waals surface area contributed by atoms with Gasteiger partial charge in [-0.15, -0.1) is 5.10 Å². The summed E-state index contributed by atoms with van der Waals surface area (Å²) < 4.78 is 1.65. The van der Waals surface area contributed by atoms with E-state index in [0.717, 1.165) is 18.7 Å². The Labute approximate surface area is 158 Å². The first kappa shape index (κ1) is 18.8. The Morgan fingerprint density at radius 2 is 1.85 bits per heavy atom. The number of hydrogen-bond acceptors (Lipinski definition) is 5. The van der Waals surface area contributed by atoms with E-state index >= 15 is 0 Å². The third-order valence-corrected chi connectivity index (χ3v) is 4.49. The smallest absolute Gasteiger partial charge is 0.276 e. The van der Waals surface area contributed by atoms with Gasteiger partial charge in [-0.3, -0.25) is 14.5 Å². The van der Waals surface area contributed by atoms with Crippen molar-refractivity contribution < 1.29 is 9.59 Å². The Morgan fingerprint density at radius 1 is 1.11 bits per heavy atom. The van der Waals surface area contributed by atoms with E-state index in [4.69, 9.17) is 5.73 Å². The highest BCUT2D eigenvalue weighted by Gasteiger charge is 2.24. The number of rotatable bonds is 7. The lowest BCUT2D eigenvalue weighted by atomic mass is 10.2. The number of allylic oxidation sites excluding steroid dienone is 1. The molecule has 1 saturated heterocycles. The topological polar surface area (TPSA) is 97.4 Å². The molecule has 0 atom stereocenters. The molecule has 0 unspecified atom stereocenters. The molecule has 8 heteroatoms. The van der Waals surface area contributed by atoms with Gasteiger partial charge in [0.05, 0.1) is 12.7 Å². The van der Waals surface area contributed by atoms with Crippen LogP contribution in [-0.4, -0.2) is 69.3 Å². The van der Waals surface area contributed by atoms with Gasteiger partial charge in [-0.2, -0.15) is 0 Å². The second-order valence-electron chi connectivity index (χ2n) is 6.49. The van der Waals surface area contributed by atoms with Crippen LogP contribution >= 0.6 is 0 Å². The first-order valence-corrected chi connectivity index (χ1v) is 9.03. The fraction of sp³-hybridized carbons (Fsp3) is 0.368. The van der Waals surface area contributed by atoms with Crippen LogP contribution in [0.3, 0.4) is 0 Å². The van der Waals surface area contributed by atoms with Gasteiger partial charge in [-0.05, 0) is 5.56 Å². The Bertz CT molecular complexity index is 794. The third kappa shape index (κ3) is 5.49. The lowest BCUT2D eigenvalue weighted by molar-refractivity contribution is -0.118. The molecule has 1 aliphatic rings. The van der Waals surface area contributed by atoms with Crippen LogP contribution in [0.1, 0.15) is 22.5 Å². The number of amides is 2. The summed E-state index contributed by atoms with van der Waals surface area (Å²) in [5.74, 6) is -0.408. The summed E-state index contributed by atoms with van der Waals surface area (Å²) in [6, 6.07) is 10.00. The van der Waals surface area contributed by atoms with Crippen LogP contribution < -0.4 is 5.73 Å². The zero-order valence-corrected chi connectivity index (χ0v) is 15.2. The largest absolute Gasteiger partial charge is 0.370 e. The fourth-order valence-electron chi connectivity index (χ4n) is 2.95. The summed E-state index contributed by atoms with van der Waals surface area (Å²) >= 11 is 0. The lowest BCUT2D eigenvalue weighted by Gasteiger charge is -2.34. The van der Waals surface area contributed by atoms with E-state index in [-0.39, 0.29) is 11.8 Å². The van der Waals surface area contributed by atoms with Gasteiger partial charge in [0.15, 0.2) is 5.69 Å². The van der Waals surface area contributed by atoms with E-state index in [1.165, 1.54) is 0 Å². The van der Waals surface area contributed by atoms with Crippen molar-refractivity contribution in [3.05, 3.63) is 53.9 Å². The Balaban J connectivity index is 1.49. The average Bonchev–Trinajstić information content (AvgIpc) is 3.16. The third-order valence-electron chi connectivity index (χ3n) is 4.49. The van der Waals surface area contributed by atoms with E-state index in [9.17, 15) is 9.59 Å². The highest BCUT2D eigenvalue weighted by atomic mass is 16.2. The van der Waals surface area contributed by atoms with Crippen LogP contribution in [0.15, 0.2) is 42.6 Å². The van der Waals surface area contributed by atoms with Crippen LogP contribution in [0.2, 0.25) is 0 Å². The number of carbonyl (C=O) groups is 2. The number of benzene rings is 1. The molecule has 0 saturated carbocycles. The number of nitrogens with zero attached hydrogens (tertiary/aromatic N) is 5. The molecule has 1 aromatic heterocycles. The van der Waals surface area contributed by atoms with E-state index < -0.39 is 0 Å². The molecule has 1 aliphatic heterocycles. The molecule has 2 aromatic rings. The van der Waals surface area contributed by atoms with Crippen LogP contribution in [0, 0.1) is 0 Å². The van der Waals surface area contributed by atoms with E-state index in [2.05, 4.69) is 15.2 Å². The van der Waals surface area contributed by atoms with Gasteiger partial charge in [0, 0.05) is 39.1 Å². The first-order chi connectivity index (χ1) is 13.1. The summed E-state index contributed by atoms with van der Waals surface area (Å²) in [5.41, 5.74) is 6.65. The summed E-state index contributed by atoms with van der Waals surface area (Å²) in [7, 11) is 0. The molecule has 8 nitrogen and oxygen atoms in total. The normalized spacial score (nSPS) is 15.3. The lowest BCUT2D eigenvalue weighted by Crippen LogP contribution is -2.49. The zero-order chi connectivity index (χ0) is 19.1. The molecule has 2 N–H and O–H groups in total. The summed E-state index contributed by atoms with van der Waals surface area (Å²) in [4.78, 5) is 27.4. The number of hydrogen-bond donors (Lipinski definition) is 1. The molecule has 0 aliphatic carbocycles. The van der Waals surface area contributed by atoms with Crippen molar-refractivity contribution in [2.24, 2.45) is 5.73 Å². The van der Waals surface area contributed by atoms with E-state index in [1.807, 2.05) is 42.5 Å². The minimum absolute atomic E-state index is 0.108. The predicted octanol–water partition coefficient (Wildman–Crippen LogP) is 0.625. The molecule has 2 amide bonds. The predicted molar refractivity (Wildman–Crippen MR) is 102 cm³/mol. The highest BCUT2D eigenvalue weighted by molar-refractivity contribution is 5.92. The van der Waals surface area contributed by atoms with Crippen molar-refractivity contribution in [1.29, 1.82) is 0 Å². The minimum atomic E-state index is -0.300. The second kappa shape index (κ2) is 9.09.